The zero-order valence-electron chi connectivity index (χ0n) is 17.2. The highest BCUT2D eigenvalue weighted by atomic mass is 16.4. The fourth-order valence-electron chi connectivity index (χ4n) is 3.20. The molecule has 0 fully saturated rings. The van der Waals surface area contributed by atoms with Gasteiger partial charge >= 0.3 is 5.97 Å². The lowest BCUT2D eigenvalue weighted by molar-refractivity contribution is 0.0694. The van der Waals surface area contributed by atoms with Gasteiger partial charge in [-0.25, -0.2) is 9.78 Å². The molecule has 1 amide bonds. The standard InChI is InChI=1S/C24H20N4O4/c1-15-20(24(30)31)13-21(32-15)17-4-2-5-18(12-17)28-23(29)19-6-3-9-26-22(19)27-14-16-7-10-25-11-8-16/h2-13H,14H2,1H3,(H,26,27)(H,28,29)(H,30,31). The van der Waals surface area contributed by atoms with E-state index in [2.05, 4.69) is 20.6 Å². The number of pyridine rings is 2. The summed E-state index contributed by atoms with van der Waals surface area (Å²) in [6.45, 7) is 2.10. The van der Waals surface area contributed by atoms with Crippen LogP contribution in [0.4, 0.5) is 11.5 Å². The summed E-state index contributed by atoms with van der Waals surface area (Å²) in [5, 5.41) is 15.3. The third-order valence-corrected chi connectivity index (χ3v) is 4.81. The number of amides is 1. The molecule has 0 saturated heterocycles. The summed E-state index contributed by atoms with van der Waals surface area (Å²) in [5.41, 5.74) is 2.71. The maximum Gasteiger partial charge on any atom is 0.339 e. The predicted octanol–water partition coefficient (Wildman–Crippen LogP) is 4.61. The topological polar surface area (TPSA) is 117 Å². The molecule has 0 atom stereocenters. The highest BCUT2D eigenvalue weighted by Crippen LogP contribution is 2.28. The number of carboxylic acids is 1. The number of aromatic nitrogens is 2. The number of carbonyl (C=O) groups is 2. The Morgan fingerprint density at radius 2 is 1.81 bits per heavy atom. The Morgan fingerprint density at radius 1 is 1.00 bits per heavy atom. The molecule has 3 N–H and O–H groups in total. The average Bonchev–Trinajstić information content (AvgIpc) is 3.21. The van der Waals surface area contributed by atoms with Crippen molar-refractivity contribution in [3.63, 3.8) is 0 Å². The lowest BCUT2D eigenvalue weighted by Crippen LogP contribution is -2.15. The molecule has 32 heavy (non-hydrogen) atoms. The van der Waals surface area contributed by atoms with E-state index < -0.39 is 5.97 Å². The second kappa shape index (κ2) is 9.13. The maximum absolute atomic E-state index is 12.9. The highest BCUT2D eigenvalue weighted by molar-refractivity contribution is 6.07. The van der Waals surface area contributed by atoms with Crippen LogP contribution in [-0.4, -0.2) is 27.0 Å². The molecular formula is C24H20N4O4. The molecule has 8 nitrogen and oxygen atoms in total. The summed E-state index contributed by atoms with van der Waals surface area (Å²) in [6.07, 6.45) is 5.03. The molecule has 4 rings (SSSR count). The zero-order chi connectivity index (χ0) is 22.5. The number of furan rings is 1. The molecule has 3 aromatic heterocycles. The van der Waals surface area contributed by atoms with E-state index >= 15 is 0 Å². The highest BCUT2D eigenvalue weighted by Gasteiger charge is 2.16. The number of rotatable bonds is 7. The molecule has 0 radical (unpaired) electrons. The van der Waals surface area contributed by atoms with Crippen LogP contribution in [0, 0.1) is 6.92 Å². The molecule has 0 aliphatic rings. The molecule has 0 bridgehead atoms. The molecule has 160 valence electrons. The minimum atomic E-state index is -1.05. The first-order valence-corrected chi connectivity index (χ1v) is 9.84. The smallest absolute Gasteiger partial charge is 0.339 e. The van der Waals surface area contributed by atoms with E-state index in [9.17, 15) is 14.7 Å². The van der Waals surface area contributed by atoms with E-state index in [1.807, 2.05) is 12.1 Å². The normalized spacial score (nSPS) is 10.5. The zero-order valence-corrected chi connectivity index (χ0v) is 17.2. The van der Waals surface area contributed by atoms with E-state index in [4.69, 9.17) is 4.42 Å². The molecule has 0 unspecified atom stereocenters. The quantitative estimate of drug-likeness (QED) is 0.393. The molecule has 1 aromatic carbocycles. The molecular weight excluding hydrogens is 408 g/mol. The van der Waals surface area contributed by atoms with Crippen LogP contribution in [-0.2, 0) is 6.54 Å². The SMILES string of the molecule is Cc1oc(-c2cccc(NC(=O)c3cccnc3NCc3ccncc3)c2)cc1C(=O)O. The van der Waals surface area contributed by atoms with Crippen LogP contribution in [0.15, 0.2) is 77.6 Å². The van der Waals surface area contributed by atoms with Gasteiger partial charge in [0.15, 0.2) is 0 Å². The van der Waals surface area contributed by atoms with Crippen LogP contribution in [0.5, 0.6) is 0 Å². The van der Waals surface area contributed by atoms with Crippen LogP contribution < -0.4 is 10.6 Å². The third-order valence-electron chi connectivity index (χ3n) is 4.81. The van der Waals surface area contributed by atoms with Gasteiger partial charge in [-0.2, -0.15) is 0 Å². The van der Waals surface area contributed by atoms with Gasteiger partial charge in [0.1, 0.15) is 22.9 Å². The van der Waals surface area contributed by atoms with Crippen LogP contribution in [0.2, 0.25) is 0 Å². The van der Waals surface area contributed by atoms with Gasteiger partial charge in [-0.05, 0) is 55.0 Å². The molecule has 0 spiro atoms. The van der Waals surface area contributed by atoms with E-state index in [1.54, 1.807) is 61.9 Å². The lowest BCUT2D eigenvalue weighted by atomic mass is 10.1. The number of nitrogens with one attached hydrogen (secondary N) is 2. The largest absolute Gasteiger partial charge is 0.478 e. The summed E-state index contributed by atoms with van der Waals surface area (Å²) in [7, 11) is 0. The number of carboxylic acid groups (broad SMARTS) is 1. The fourth-order valence-corrected chi connectivity index (χ4v) is 3.20. The molecule has 4 aromatic rings. The second-order valence-electron chi connectivity index (χ2n) is 7.03. The van der Waals surface area contributed by atoms with Crippen molar-refractivity contribution in [3.05, 3.63) is 95.6 Å². The summed E-state index contributed by atoms with van der Waals surface area (Å²) in [4.78, 5) is 32.5. The van der Waals surface area contributed by atoms with E-state index in [1.165, 1.54) is 6.07 Å². The molecule has 0 aliphatic heterocycles. The van der Waals surface area contributed by atoms with Crippen LogP contribution in [0.25, 0.3) is 11.3 Å². The van der Waals surface area contributed by atoms with E-state index in [0.29, 0.717) is 40.7 Å². The Hall–Kier alpha value is -4.46. The number of carbonyl (C=O) groups excluding carboxylic acids is 1. The van der Waals surface area contributed by atoms with Crippen molar-refractivity contribution in [1.29, 1.82) is 0 Å². The number of aromatic carboxylic acids is 1. The number of hydrogen-bond acceptors (Lipinski definition) is 6. The monoisotopic (exact) mass is 428 g/mol. The van der Waals surface area contributed by atoms with Crippen molar-refractivity contribution in [3.8, 4) is 11.3 Å². The van der Waals surface area contributed by atoms with Gasteiger partial charge in [-0.15, -0.1) is 0 Å². The molecule has 8 heteroatoms. The molecule has 3 heterocycles. The summed E-state index contributed by atoms with van der Waals surface area (Å²) < 4.78 is 5.58. The number of nitrogens with zero attached hydrogens (tertiary/aromatic N) is 2. The Labute approximate surface area is 184 Å². The van der Waals surface area contributed by atoms with Crippen LogP contribution in [0.3, 0.4) is 0 Å². The number of aryl methyl sites for hydroxylation is 1. The Bertz CT molecular complexity index is 1270. The first-order chi connectivity index (χ1) is 15.5. The van der Waals surface area contributed by atoms with Gasteiger partial charge in [-0.3, -0.25) is 9.78 Å². The average molecular weight is 428 g/mol. The van der Waals surface area contributed by atoms with Crippen LogP contribution >= 0.6 is 0 Å². The van der Waals surface area contributed by atoms with Crippen molar-refractivity contribution in [2.75, 3.05) is 10.6 Å². The van der Waals surface area contributed by atoms with Crippen LogP contribution in [0.1, 0.15) is 32.0 Å². The first kappa shape index (κ1) is 20.8. The molecule has 0 saturated carbocycles. The second-order valence-corrected chi connectivity index (χ2v) is 7.03. The van der Waals surface area contributed by atoms with Gasteiger partial charge in [0, 0.05) is 36.4 Å². The Balaban J connectivity index is 1.52. The van der Waals surface area contributed by atoms with Gasteiger partial charge in [0.25, 0.3) is 5.91 Å². The van der Waals surface area contributed by atoms with Crippen molar-refractivity contribution in [2.45, 2.75) is 13.5 Å². The van der Waals surface area contributed by atoms with Gasteiger partial charge in [0.05, 0.1) is 5.56 Å². The van der Waals surface area contributed by atoms with E-state index in [0.717, 1.165) is 5.56 Å². The first-order valence-electron chi connectivity index (χ1n) is 9.84. The summed E-state index contributed by atoms with van der Waals surface area (Å²) in [6, 6.07) is 15.6. The van der Waals surface area contributed by atoms with Gasteiger partial charge < -0.3 is 20.2 Å². The minimum absolute atomic E-state index is 0.106. The Kier molecular flexibility index (Phi) is 5.94. The van der Waals surface area contributed by atoms with Gasteiger partial charge in [-0.1, -0.05) is 12.1 Å². The van der Waals surface area contributed by atoms with Crippen molar-refractivity contribution >= 4 is 23.4 Å². The van der Waals surface area contributed by atoms with E-state index in [-0.39, 0.29) is 11.5 Å². The minimum Gasteiger partial charge on any atom is -0.478 e. The lowest BCUT2D eigenvalue weighted by Gasteiger charge is -2.12. The van der Waals surface area contributed by atoms with Crippen molar-refractivity contribution in [2.24, 2.45) is 0 Å². The van der Waals surface area contributed by atoms with Gasteiger partial charge in [0.2, 0.25) is 0 Å². The summed E-state index contributed by atoms with van der Waals surface area (Å²) in [5.74, 6) is -0.176. The third kappa shape index (κ3) is 4.65. The number of anilines is 2. The Morgan fingerprint density at radius 3 is 2.56 bits per heavy atom. The number of hydrogen-bond donors (Lipinski definition) is 3. The number of benzene rings is 1. The molecule has 0 aliphatic carbocycles. The maximum atomic E-state index is 12.9. The van der Waals surface area contributed by atoms with Crippen molar-refractivity contribution < 1.29 is 19.1 Å². The van der Waals surface area contributed by atoms with Crippen molar-refractivity contribution in [1.82, 2.24) is 9.97 Å². The predicted molar refractivity (Wildman–Crippen MR) is 120 cm³/mol. The summed E-state index contributed by atoms with van der Waals surface area (Å²) >= 11 is 0. The fraction of sp³-hybridized carbons (Fsp3) is 0.0833.